The van der Waals surface area contributed by atoms with Crippen LogP contribution >= 0.6 is 22.9 Å². The van der Waals surface area contributed by atoms with Gasteiger partial charge >= 0.3 is 0 Å². The first-order valence-corrected chi connectivity index (χ1v) is 5.46. The first kappa shape index (κ1) is 10.0. The molecule has 0 aliphatic heterocycles. The molecule has 0 amide bonds. The number of aromatic nitrogens is 1. The highest BCUT2D eigenvalue weighted by molar-refractivity contribution is 7.09. The molecule has 0 bridgehead atoms. The van der Waals surface area contributed by atoms with E-state index in [1.807, 2.05) is 0 Å². The predicted octanol–water partition coefficient (Wildman–Crippen LogP) is 3.22. The van der Waals surface area contributed by atoms with E-state index in [9.17, 15) is 0 Å². The average Bonchev–Trinajstić information content (AvgIpc) is 2.35. The van der Waals surface area contributed by atoms with Crippen LogP contribution in [0.5, 0.6) is 0 Å². The summed E-state index contributed by atoms with van der Waals surface area (Å²) in [5.74, 6) is 0.664. The smallest absolute Gasteiger partial charge is 0.0940 e. The third-order valence-corrected chi connectivity index (χ3v) is 2.73. The van der Waals surface area contributed by atoms with Crippen LogP contribution in [0.2, 0.25) is 0 Å². The zero-order valence-electron chi connectivity index (χ0n) is 7.72. The average molecular weight is 204 g/mol. The van der Waals surface area contributed by atoms with Crippen molar-refractivity contribution in [3.63, 3.8) is 0 Å². The molecule has 0 atom stereocenters. The van der Waals surface area contributed by atoms with Gasteiger partial charge < -0.3 is 0 Å². The minimum atomic E-state index is 0.168. The van der Waals surface area contributed by atoms with E-state index in [0.717, 1.165) is 11.4 Å². The number of thiazole rings is 1. The van der Waals surface area contributed by atoms with Gasteiger partial charge in [-0.15, -0.1) is 22.9 Å². The van der Waals surface area contributed by atoms with E-state index in [4.69, 9.17) is 11.6 Å². The lowest BCUT2D eigenvalue weighted by Gasteiger charge is -2.14. The number of rotatable bonds is 2. The van der Waals surface area contributed by atoms with Crippen LogP contribution in [0.1, 0.15) is 31.5 Å². The third kappa shape index (κ3) is 2.46. The van der Waals surface area contributed by atoms with Gasteiger partial charge in [-0.05, 0) is 0 Å². The minimum Gasteiger partial charge on any atom is -0.246 e. The van der Waals surface area contributed by atoms with Crippen molar-refractivity contribution in [3.05, 3.63) is 16.1 Å². The monoisotopic (exact) mass is 203 g/mol. The molecular weight excluding hydrogens is 190 g/mol. The highest BCUT2D eigenvalue weighted by atomic mass is 35.5. The van der Waals surface area contributed by atoms with Crippen LogP contribution < -0.4 is 0 Å². The molecule has 1 nitrogen and oxygen atoms in total. The molecule has 1 aromatic heterocycles. The second-order valence-electron chi connectivity index (χ2n) is 3.82. The van der Waals surface area contributed by atoms with E-state index in [1.54, 1.807) is 11.3 Å². The lowest BCUT2D eigenvalue weighted by Crippen LogP contribution is -2.11. The van der Waals surface area contributed by atoms with Gasteiger partial charge in [0.05, 0.1) is 10.7 Å². The SMILES string of the molecule is CC(C)(C)c1csc(CCCl)n1. The van der Waals surface area contributed by atoms with Gasteiger partial charge in [0.15, 0.2) is 0 Å². The summed E-state index contributed by atoms with van der Waals surface area (Å²) in [5.41, 5.74) is 1.34. The Kier molecular flexibility index (Phi) is 3.13. The number of nitrogens with zero attached hydrogens (tertiary/aromatic N) is 1. The maximum Gasteiger partial charge on any atom is 0.0940 e. The summed E-state index contributed by atoms with van der Waals surface area (Å²) >= 11 is 7.33. The summed E-state index contributed by atoms with van der Waals surface area (Å²) < 4.78 is 0. The Balaban J connectivity index is 2.77. The Morgan fingerprint density at radius 2 is 2.17 bits per heavy atom. The normalized spacial score (nSPS) is 12.0. The van der Waals surface area contributed by atoms with Crippen molar-refractivity contribution in [2.45, 2.75) is 32.6 Å². The number of hydrogen-bond acceptors (Lipinski definition) is 2. The molecule has 12 heavy (non-hydrogen) atoms. The van der Waals surface area contributed by atoms with Crippen molar-refractivity contribution in [1.29, 1.82) is 0 Å². The summed E-state index contributed by atoms with van der Waals surface area (Å²) in [6, 6.07) is 0. The van der Waals surface area contributed by atoms with Crippen molar-refractivity contribution in [2.75, 3.05) is 5.88 Å². The Labute approximate surface area is 82.8 Å². The first-order chi connectivity index (χ1) is 5.54. The zero-order chi connectivity index (χ0) is 9.19. The first-order valence-electron chi connectivity index (χ1n) is 4.05. The van der Waals surface area contributed by atoms with E-state index in [-0.39, 0.29) is 5.41 Å². The Hall–Kier alpha value is -0.0800. The van der Waals surface area contributed by atoms with Crippen molar-refractivity contribution < 1.29 is 0 Å². The van der Waals surface area contributed by atoms with E-state index in [0.29, 0.717) is 5.88 Å². The molecule has 0 unspecified atom stereocenters. The summed E-state index contributed by atoms with van der Waals surface area (Å²) in [6.45, 7) is 6.52. The highest BCUT2D eigenvalue weighted by Crippen LogP contribution is 2.23. The quantitative estimate of drug-likeness (QED) is 0.673. The van der Waals surface area contributed by atoms with Crippen LogP contribution in [0.25, 0.3) is 0 Å². The van der Waals surface area contributed by atoms with Crippen LogP contribution in [0, 0.1) is 0 Å². The second kappa shape index (κ2) is 3.75. The number of alkyl halides is 1. The molecule has 0 saturated carbocycles. The second-order valence-corrected chi connectivity index (χ2v) is 5.14. The van der Waals surface area contributed by atoms with Crippen molar-refractivity contribution in [3.8, 4) is 0 Å². The molecule has 0 N–H and O–H groups in total. The topological polar surface area (TPSA) is 12.9 Å². The molecule has 1 rings (SSSR count). The van der Waals surface area contributed by atoms with Crippen molar-refractivity contribution in [2.24, 2.45) is 0 Å². The molecule has 0 aliphatic rings. The fourth-order valence-corrected chi connectivity index (χ4v) is 2.17. The predicted molar refractivity (Wildman–Crippen MR) is 55.2 cm³/mol. The lowest BCUT2D eigenvalue weighted by atomic mass is 9.93. The van der Waals surface area contributed by atoms with Gasteiger partial charge in [0, 0.05) is 23.1 Å². The lowest BCUT2D eigenvalue weighted by molar-refractivity contribution is 0.571. The van der Waals surface area contributed by atoms with Gasteiger partial charge in [-0.3, -0.25) is 0 Å². The van der Waals surface area contributed by atoms with Crippen molar-refractivity contribution >= 4 is 22.9 Å². The maximum absolute atomic E-state index is 5.63. The largest absolute Gasteiger partial charge is 0.246 e. The molecule has 68 valence electrons. The van der Waals surface area contributed by atoms with E-state index in [2.05, 4.69) is 31.1 Å². The third-order valence-electron chi connectivity index (χ3n) is 1.63. The Bertz CT molecular complexity index is 249. The van der Waals surface area contributed by atoms with Crippen molar-refractivity contribution in [1.82, 2.24) is 4.98 Å². The van der Waals surface area contributed by atoms with Gasteiger partial charge in [0.2, 0.25) is 0 Å². The zero-order valence-corrected chi connectivity index (χ0v) is 9.30. The van der Waals surface area contributed by atoms with E-state index in [1.165, 1.54) is 5.69 Å². The standard InChI is InChI=1S/C9H14ClNS/c1-9(2,3)7-6-12-8(11-7)4-5-10/h6H,4-5H2,1-3H3. The molecule has 0 aromatic carbocycles. The van der Waals surface area contributed by atoms with Crippen LogP contribution in [-0.2, 0) is 11.8 Å². The summed E-state index contributed by atoms with van der Waals surface area (Å²) in [7, 11) is 0. The summed E-state index contributed by atoms with van der Waals surface area (Å²) in [5, 5.41) is 3.27. The molecule has 3 heteroatoms. The van der Waals surface area contributed by atoms with Gasteiger partial charge in [-0.2, -0.15) is 0 Å². The fourth-order valence-electron chi connectivity index (χ4n) is 0.851. The van der Waals surface area contributed by atoms with Crippen LogP contribution in [0.15, 0.2) is 5.38 Å². The summed E-state index contributed by atoms with van der Waals surface area (Å²) in [4.78, 5) is 4.51. The number of halogens is 1. The van der Waals surface area contributed by atoms with E-state index < -0.39 is 0 Å². The molecule has 0 spiro atoms. The molecule has 0 fully saturated rings. The molecular formula is C9H14ClNS. The van der Waals surface area contributed by atoms with E-state index >= 15 is 0 Å². The molecule has 0 radical (unpaired) electrons. The van der Waals surface area contributed by atoms with Gasteiger partial charge in [-0.25, -0.2) is 4.98 Å². The molecule has 1 heterocycles. The van der Waals surface area contributed by atoms with Gasteiger partial charge in [-0.1, -0.05) is 20.8 Å². The summed E-state index contributed by atoms with van der Waals surface area (Å²) in [6.07, 6.45) is 0.891. The fraction of sp³-hybridized carbons (Fsp3) is 0.667. The highest BCUT2D eigenvalue weighted by Gasteiger charge is 2.16. The minimum absolute atomic E-state index is 0.168. The molecule has 0 aliphatic carbocycles. The van der Waals surface area contributed by atoms with Crippen LogP contribution in [0.4, 0.5) is 0 Å². The number of aryl methyl sites for hydroxylation is 1. The molecule has 0 saturated heterocycles. The molecule has 1 aromatic rings. The van der Waals surface area contributed by atoms with Gasteiger partial charge in [0.25, 0.3) is 0 Å². The maximum atomic E-state index is 5.63. The van der Waals surface area contributed by atoms with Gasteiger partial charge in [0.1, 0.15) is 0 Å². The van der Waals surface area contributed by atoms with Crippen LogP contribution in [0.3, 0.4) is 0 Å². The Morgan fingerprint density at radius 1 is 1.50 bits per heavy atom. The Morgan fingerprint density at radius 3 is 2.58 bits per heavy atom. The van der Waals surface area contributed by atoms with Crippen LogP contribution in [-0.4, -0.2) is 10.9 Å². The number of hydrogen-bond donors (Lipinski definition) is 0.